The molecule has 0 bridgehead atoms. The first-order valence-electron chi connectivity index (χ1n) is 7.36. The van der Waals surface area contributed by atoms with Gasteiger partial charge in [-0.05, 0) is 32.0 Å². The molecular formula is C16H19BrF2N4. The number of aryl methyl sites for hydroxylation is 1. The Kier molecular flexibility index (Phi) is 4.89. The van der Waals surface area contributed by atoms with Gasteiger partial charge in [-0.1, -0.05) is 29.8 Å². The Hall–Kier alpha value is -1.76. The lowest BCUT2D eigenvalue weighted by Gasteiger charge is -2.31. The van der Waals surface area contributed by atoms with Crippen molar-refractivity contribution in [2.45, 2.75) is 39.8 Å². The quantitative estimate of drug-likeness (QED) is 0.810. The van der Waals surface area contributed by atoms with Crippen LogP contribution in [0.1, 0.15) is 37.7 Å². The predicted molar refractivity (Wildman–Crippen MR) is 90.4 cm³/mol. The molecule has 0 fully saturated rings. The summed E-state index contributed by atoms with van der Waals surface area (Å²) >= 11 is 3.32. The molecule has 2 N–H and O–H groups in total. The van der Waals surface area contributed by atoms with Crippen molar-refractivity contribution >= 4 is 21.8 Å². The number of aliphatic imine (C=N–C) groups is 1. The second-order valence-corrected chi connectivity index (χ2v) is 6.22. The third-order valence-corrected chi connectivity index (χ3v) is 4.12. The van der Waals surface area contributed by atoms with Gasteiger partial charge < -0.3 is 5.73 Å². The average Bonchev–Trinajstić information content (AvgIpc) is 2.78. The Balaban J connectivity index is 0.000000924. The molecule has 1 aromatic carbocycles. The van der Waals surface area contributed by atoms with Gasteiger partial charge in [0.1, 0.15) is 22.9 Å². The zero-order valence-corrected chi connectivity index (χ0v) is 15.1. The number of hydrogen-bond donors (Lipinski definition) is 1. The van der Waals surface area contributed by atoms with E-state index in [-0.39, 0.29) is 29.6 Å². The van der Waals surface area contributed by atoms with Gasteiger partial charge in [0, 0.05) is 10.0 Å². The normalized spacial score (nSPS) is 19.5. The van der Waals surface area contributed by atoms with Gasteiger partial charge in [0.2, 0.25) is 0 Å². The molecule has 0 saturated heterocycles. The third-order valence-electron chi connectivity index (χ3n) is 3.63. The lowest BCUT2D eigenvalue weighted by atomic mass is 9.91. The monoisotopic (exact) mass is 384 g/mol. The van der Waals surface area contributed by atoms with Crippen LogP contribution in [-0.2, 0) is 12.1 Å². The molecule has 1 unspecified atom stereocenters. The summed E-state index contributed by atoms with van der Waals surface area (Å²) < 4.78 is 30.3. The van der Waals surface area contributed by atoms with Gasteiger partial charge in [-0.15, -0.1) is 0 Å². The predicted octanol–water partition coefficient (Wildman–Crippen LogP) is 3.89. The maximum atomic E-state index is 14.2. The average molecular weight is 385 g/mol. The highest BCUT2D eigenvalue weighted by molar-refractivity contribution is 9.10. The van der Waals surface area contributed by atoms with Crippen molar-refractivity contribution in [3.05, 3.63) is 51.3 Å². The van der Waals surface area contributed by atoms with Crippen LogP contribution in [0.3, 0.4) is 0 Å². The summed E-state index contributed by atoms with van der Waals surface area (Å²) in [5.74, 6) is -0.834. The van der Waals surface area contributed by atoms with Crippen LogP contribution in [0.4, 0.5) is 8.78 Å². The Morgan fingerprint density at radius 1 is 1.30 bits per heavy atom. The largest absolute Gasteiger partial charge is 0.382 e. The first-order chi connectivity index (χ1) is 10.8. The van der Waals surface area contributed by atoms with Crippen molar-refractivity contribution in [3.8, 4) is 0 Å². The molecule has 2 heterocycles. The number of aromatic nitrogens is 2. The summed E-state index contributed by atoms with van der Waals surface area (Å²) in [5, 5.41) is 4.12. The molecule has 0 amide bonds. The van der Waals surface area contributed by atoms with Crippen molar-refractivity contribution in [3.63, 3.8) is 0 Å². The van der Waals surface area contributed by atoms with Crippen molar-refractivity contribution in [2.75, 3.05) is 0 Å². The molecule has 1 aromatic heterocycles. The number of fused-ring (bicyclic) bond motifs is 1. The number of hydrogen-bond acceptors (Lipinski definition) is 3. The Morgan fingerprint density at radius 3 is 2.61 bits per heavy atom. The number of amidine groups is 1. The first-order valence-corrected chi connectivity index (χ1v) is 8.15. The van der Waals surface area contributed by atoms with E-state index in [9.17, 15) is 8.78 Å². The van der Waals surface area contributed by atoms with Crippen LogP contribution in [0.2, 0.25) is 0 Å². The molecule has 4 nitrogen and oxygen atoms in total. The first kappa shape index (κ1) is 17.6. The second kappa shape index (κ2) is 6.39. The van der Waals surface area contributed by atoms with Crippen LogP contribution in [0.25, 0.3) is 0 Å². The fourth-order valence-electron chi connectivity index (χ4n) is 2.62. The number of benzene rings is 1. The molecule has 1 aliphatic heterocycles. The molecule has 0 aliphatic carbocycles. The molecule has 1 atom stereocenters. The summed E-state index contributed by atoms with van der Waals surface area (Å²) in [6, 6.07) is 4.63. The molecule has 1 aliphatic rings. The van der Waals surface area contributed by atoms with Gasteiger partial charge >= 0.3 is 0 Å². The minimum Gasteiger partial charge on any atom is -0.382 e. The number of rotatable bonds is 1. The second-order valence-electron chi connectivity index (χ2n) is 5.30. The van der Waals surface area contributed by atoms with E-state index in [1.807, 2.05) is 13.8 Å². The van der Waals surface area contributed by atoms with Crippen LogP contribution >= 0.6 is 15.9 Å². The van der Waals surface area contributed by atoms with Gasteiger partial charge in [-0.25, -0.2) is 8.78 Å². The summed E-state index contributed by atoms with van der Waals surface area (Å²) in [4.78, 5) is 4.33. The van der Waals surface area contributed by atoms with E-state index in [0.29, 0.717) is 5.56 Å². The fourth-order valence-corrected chi connectivity index (χ4v) is 2.98. The highest BCUT2D eigenvalue weighted by Crippen LogP contribution is 2.35. The highest BCUT2D eigenvalue weighted by Gasteiger charge is 2.37. The van der Waals surface area contributed by atoms with Crippen molar-refractivity contribution < 1.29 is 8.78 Å². The van der Waals surface area contributed by atoms with E-state index in [0.717, 1.165) is 4.47 Å². The van der Waals surface area contributed by atoms with Crippen molar-refractivity contribution in [1.82, 2.24) is 9.78 Å². The molecule has 2 aromatic rings. The number of halogens is 3. The summed E-state index contributed by atoms with van der Waals surface area (Å²) in [6.45, 7) is 7.54. The van der Waals surface area contributed by atoms with E-state index in [2.05, 4.69) is 26.0 Å². The van der Waals surface area contributed by atoms with E-state index < -0.39 is 11.4 Å². The van der Waals surface area contributed by atoms with Crippen molar-refractivity contribution in [2.24, 2.45) is 10.7 Å². The summed E-state index contributed by atoms with van der Waals surface area (Å²) in [7, 11) is 0. The Bertz CT molecular complexity index is 770. The topological polar surface area (TPSA) is 56.2 Å². The van der Waals surface area contributed by atoms with E-state index in [4.69, 9.17) is 5.73 Å². The summed E-state index contributed by atoms with van der Waals surface area (Å²) in [5.41, 5.74) is 5.75. The minimum atomic E-state index is -0.935. The molecule has 0 saturated carbocycles. The highest BCUT2D eigenvalue weighted by atomic mass is 79.9. The number of nitrogens with two attached hydrogens (primary N) is 1. The van der Waals surface area contributed by atoms with Gasteiger partial charge in [0.15, 0.2) is 5.82 Å². The van der Waals surface area contributed by atoms with Crippen LogP contribution in [0, 0.1) is 18.6 Å². The minimum absolute atomic E-state index is 0.0289. The molecule has 23 heavy (non-hydrogen) atoms. The van der Waals surface area contributed by atoms with Crippen molar-refractivity contribution in [1.29, 1.82) is 0 Å². The number of nitrogens with zero attached hydrogens (tertiary/aromatic N) is 3. The van der Waals surface area contributed by atoms with Crippen LogP contribution < -0.4 is 5.73 Å². The lowest BCUT2D eigenvalue weighted by molar-refractivity contribution is 0.361. The maximum absolute atomic E-state index is 14.2. The van der Waals surface area contributed by atoms with Crippen LogP contribution in [0.15, 0.2) is 27.7 Å². The maximum Gasteiger partial charge on any atom is 0.175 e. The van der Waals surface area contributed by atoms with Crippen LogP contribution in [0.5, 0.6) is 0 Å². The SMILES string of the molecule is CC.Cc1nn2c(c1F)C(N)=NC(C)(c1cc(Br)ccc1F)C2. The molecule has 0 radical (unpaired) electrons. The van der Waals surface area contributed by atoms with Gasteiger partial charge in [0.05, 0.1) is 12.2 Å². The van der Waals surface area contributed by atoms with Gasteiger partial charge in [-0.2, -0.15) is 5.10 Å². The lowest BCUT2D eigenvalue weighted by Crippen LogP contribution is -2.38. The Morgan fingerprint density at radius 2 is 1.96 bits per heavy atom. The van der Waals surface area contributed by atoms with E-state index in [1.165, 1.54) is 10.7 Å². The smallest absolute Gasteiger partial charge is 0.175 e. The third kappa shape index (κ3) is 3.02. The van der Waals surface area contributed by atoms with Gasteiger partial charge in [0.25, 0.3) is 0 Å². The van der Waals surface area contributed by atoms with Gasteiger partial charge in [-0.3, -0.25) is 9.67 Å². The molecule has 3 rings (SSSR count). The zero-order valence-electron chi connectivity index (χ0n) is 13.5. The fraction of sp³-hybridized carbons (Fsp3) is 0.375. The molecule has 124 valence electrons. The van der Waals surface area contributed by atoms with Crippen LogP contribution in [-0.4, -0.2) is 15.6 Å². The van der Waals surface area contributed by atoms with E-state index in [1.54, 1.807) is 26.0 Å². The Labute approximate surface area is 142 Å². The molecular weight excluding hydrogens is 366 g/mol. The van der Waals surface area contributed by atoms with E-state index >= 15 is 0 Å². The zero-order chi connectivity index (χ0) is 17.4. The summed E-state index contributed by atoms with van der Waals surface area (Å²) in [6.07, 6.45) is 0. The standard InChI is InChI=1S/C14H13BrF2N4.C2H6/c1-7-11(17)12-13(18)19-14(2,6-21(12)20-7)9-5-8(15)3-4-10(9)16;1-2/h3-5H,6H2,1-2H3,(H2,18,19);1-2H3. The molecule has 7 heteroatoms. The molecule has 0 spiro atoms.